The van der Waals surface area contributed by atoms with E-state index < -0.39 is 30.3 Å². The van der Waals surface area contributed by atoms with E-state index in [-0.39, 0.29) is 30.5 Å². The Kier molecular flexibility index (Phi) is 9.42. The Balaban J connectivity index is 1.82. The quantitative estimate of drug-likeness (QED) is 0.326. The van der Waals surface area contributed by atoms with Crippen LogP contribution in [0.25, 0.3) is 0 Å². The first-order chi connectivity index (χ1) is 16.4. The molecular formula is C24H25O8PS. The zero-order chi connectivity index (χ0) is 24.4. The van der Waals surface area contributed by atoms with E-state index in [1.807, 2.05) is 60.7 Å². The Morgan fingerprint density at radius 1 is 0.853 bits per heavy atom. The number of aliphatic carboxylic acids is 1. The van der Waals surface area contributed by atoms with Gasteiger partial charge in [0.25, 0.3) is 0 Å². The summed E-state index contributed by atoms with van der Waals surface area (Å²) < 4.78 is 48.0. The van der Waals surface area contributed by atoms with E-state index in [1.54, 1.807) is 12.1 Å². The molecule has 1 atom stereocenters. The van der Waals surface area contributed by atoms with Crippen molar-refractivity contribution in [1.29, 1.82) is 0 Å². The summed E-state index contributed by atoms with van der Waals surface area (Å²) in [4.78, 5) is 10.8. The molecule has 180 valence electrons. The van der Waals surface area contributed by atoms with Gasteiger partial charge in [-0.3, -0.25) is 18.1 Å². The minimum Gasteiger partial charge on any atom is -0.493 e. The van der Waals surface area contributed by atoms with Gasteiger partial charge >= 0.3 is 13.8 Å². The molecule has 3 aromatic rings. The lowest BCUT2D eigenvalue weighted by Gasteiger charge is -2.20. The van der Waals surface area contributed by atoms with Gasteiger partial charge in [-0.25, -0.2) is 4.57 Å². The molecule has 0 aliphatic rings. The van der Waals surface area contributed by atoms with Crippen LogP contribution >= 0.6 is 7.82 Å². The van der Waals surface area contributed by atoms with E-state index in [0.717, 1.165) is 11.1 Å². The molecule has 0 radical (unpaired) electrons. The predicted octanol–water partition coefficient (Wildman–Crippen LogP) is 4.95. The van der Waals surface area contributed by atoms with Crippen LogP contribution in [0.15, 0.2) is 78.9 Å². The van der Waals surface area contributed by atoms with Crippen LogP contribution in [-0.2, 0) is 48.2 Å². The number of carbonyl (C=O) groups is 1. The average Bonchev–Trinajstić information content (AvgIpc) is 2.83. The molecule has 0 amide bonds. The van der Waals surface area contributed by atoms with Gasteiger partial charge in [0.15, 0.2) is 11.5 Å². The number of phosphoric ester groups is 1. The van der Waals surface area contributed by atoms with E-state index >= 15 is 0 Å². The smallest absolute Gasteiger partial charge is 0.493 e. The molecule has 3 aromatic carbocycles. The van der Waals surface area contributed by atoms with Crippen molar-refractivity contribution >= 4 is 24.6 Å². The summed E-state index contributed by atoms with van der Waals surface area (Å²) in [5, 5.41) is 8.85. The summed E-state index contributed by atoms with van der Waals surface area (Å²) in [5.74, 6) is -1.33. The highest BCUT2D eigenvalue weighted by Crippen LogP contribution is 2.53. The van der Waals surface area contributed by atoms with Crippen LogP contribution in [0.1, 0.15) is 16.7 Å². The van der Waals surface area contributed by atoms with Gasteiger partial charge in [0.1, 0.15) is 5.75 Å². The monoisotopic (exact) mass is 504 g/mol. The molecule has 0 bridgehead atoms. The second-order valence-corrected chi connectivity index (χ2v) is 10.2. The van der Waals surface area contributed by atoms with Crippen LogP contribution in [0.4, 0.5) is 0 Å². The van der Waals surface area contributed by atoms with Crippen molar-refractivity contribution in [2.75, 3.05) is 12.9 Å². The summed E-state index contributed by atoms with van der Waals surface area (Å²) in [6.45, 7) is -0.0327. The van der Waals surface area contributed by atoms with Crippen LogP contribution in [0.3, 0.4) is 0 Å². The molecule has 1 unspecified atom stereocenters. The average molecular weight is 504 g/mol. The summed E-state index contributed by atoms with van der Waals surface area (Å²) in [5.41, 5.74) is 2.08. The zero-order valence-corrected chi connectivity index (χ0v) is 20.2. The molecule has 0 aliphatic carbocycles. The van der Waals surface area contributed by atoms with Crippen LogP contribution in [0.5, 0.6) is 11.5 Å². The van der Waals surface area contributed by atoms with Gasteiger partial charge in [-0.1, -0.05) is 66.7 Å². The fourth-order valence-electron chi connectivity index (χ4n) is 2.92. The molecule has 10 heteroatoms. The van der Waals surface area contributed by atoms with Crippen molar-refractivity contribution in [1.82, 2.24) is 0 Å². The molecule has 0 fully saturated rings. The first-order valence-corrected chi connectivity index (χ1v) is 13.2. The molecule has 0 spiro atoms. The molecule has 0 saturated heterocycles. The largest absolute Gasteiger partial charge is 0.530 e. The number of methoxy groups -OCH3 is 1. The third-order valence-electron chi connectivity index (χ3n) is 4.51. The fraction of sp³-hybridized carbons (Fsp3) is 0.208. The highest BCUT2D eigenvalue weighted by Gasteiger charge is 2.31. The molecule has 0 heterocycles. The van der Waals surface area contributed by atoms with Gasteiger partial charge < -0.3 is 14.4 Å². The minimum absolute atomic E-state index is 0.0163. The summed E-state index contributed by atoms with van der Waals surface area (Å²) in [6.07, 6.45) is 0. The van der Waals surface area contributed by atoms with Crippen molar-refractivity contribution in [3.8, 4) is 11.5 Å². The number of hydrogen-bond acceptors (Lipinski definition) is 7. The Morgan fingerprint density at radius 3 is 1.91 bits per heavy atom. The van der Waals surface area contributed by atoms with Gasteiger partial charge in [0.05, 0.1) is 20.3 Å². The van der Waals surface area contributed by atoms with Crippen molar-refractivity contribution in [3.63, 3.8) is 0 Å². The van der Waals surface area contributed by atoms with Crippen LogP contribution in [-0.4, -0.2) is 28.1 Å². The summed E-state index contributed by atoms with van der Waals surface area (Å²) in [6, 6.07) is 23.0. The summed E-state index contributed by atoms with van der Waals surface area (Å²) in [7, 11) is -4.34. The topological polar surface area (TPSA) is 108 Å². The molecule has 3 rings (SSSR count). The molecule has 0 aliphatic heterocycles. The van der Waals surface area contributed by atoms with Crippen LogP contribution < -0.4 is 9.26 Å². The fourth-order valence-corrected chi connectivity index (χ4v) is 5.03. The van der Waals surface area contributed by atoms with Crippen molar-refractivity contribution in [2.24, 2.45) is 0 Å². The van der Waals surface area contributed by atoms with Crippen molar-refractivity contribution in [3.05, 3.63) is 95.6 Å². The third kappa shape index (κ3) is 8.11. The lowest BCUT2D eigenvalue weighted by molar-refractivity contribution is -0.133. The normalized spacial score (nSPS) is 12.1. The maximum Gasteiger partial charge on any atom is 0.530 e. The molecule has 0 saturated carbocycles. The second-order valence-electron chi connectivity index (χ2n) is 7.16. The Morgan fingerprint density at radius 2 is 1.41 bits per heavy atom. The van der Waals surface area contributed by atoms with E-state index in [2.05, 4.69) is 0 Å². The minimum atomic E-state index is -4.14. The maximum atomic E-state index is 13.6. The maximum absolute atomic E-state index is 13.6. The van der Waals surface area contributed by atoms with E-state index in [9.17, 15) is 13.6 Å². The molecular weight excluding hydrogens is 479 g/mol. The highest BCUT2D eigenvalue weighted by atomic mass is 32.2. The molecule has 8 nitrogen and oxygen atoms in total. The lowest BCUT2D eigenvalue weighted by Crippen LogP contribution is -2.11. The molecule has 1 N–H and O–H groups in total. The number of carboxylic acids is 1. The first kappa shape index (κ1) is 25.6. The van der Waals surface area contributed by atoms with E-state index in [0.29, 0.717) is 5.56 Å². The van der Waals surface area contributed by atoms with Gasteiger partial charge in [0.2, 0.25) is 0 Å². The van der Waals surface area contributed by atoms with Crippen molar-refractivity contribution in [2.45, 2.75) is 19.0 Å². The predicted molar refractivity (Wildman–Crippen MR) is 128 cm³/mol. The Labute approximate surface area is 200 Å². The standard InChI is InChI=1S/C24H25O8PS/c1-29-22-13-12-21(17-34(28)18-24(25)26)14-23(22)32-33(27,30-15-19-8-4-2-5-9-19)31-16-20-10-6-3-7-11-20/h2-14H,15-18H2,1H3,(H,25,26). The van der Waals surface area contributed by atoms with Crippen LogP contribution in [0, 0.1) is 0 Å². The van der Waals surface area contributed by atoms with Gasteiger partial charge in [-0.15, -0.1) is 0 Å². The number of benzene rings is 3. The highest BCUT2D eigenvalue weighted by molar-refractivity contribution is 7.84. The third-order valence-corrected chi connectivity index (χ3v) is 7.05. The SMILES string of the molecule is COc1ccc(CS(=O)CC(=O)O)cc1OP(=O)(OCc1ccccc1)OCc1ccccc1. The molecule has 34 heavy (non-hydrogen) atoms. The number of phosphoric acid groups is 1. The molecule has 0 aromatic heterocycles. The van der Waals surface area contributed by atoms with E-state index in [1.165, 1.54) is 13.2 Å². The Bertz CT molecular complexity index is 1110. The number of rotatable bonds is 13. The van der Waals surface area contributed by atoms with Crippen molar-refractivity contribution < 1.29 is 37.0 Å². The lowest BCUT2D eigenvalue weighted by atomic mass is 10.2. The number of hydrogen-bond donors (Lipinski definition) is 1. The number of ether oxygens (including phenoxy) is 1. The first-order valence-electron chi connectivity index (χ1n) is 10.3. The van der Waals surface area contributed by atoms with E-state index in [4.69, 9.17) is 23.4 Å². The summed E-state index contributed by atoms with van der Waals surface area (Å²) >= 11 is 0. The van der Waals surface area contributed by atoms with Gasteiger partial charge in [-0.05, 0) is 28.8 Å². The zero-order valence-electron chi connectivity index (χ0n) is 18.5. The van der Waals surface area contributed by atoms with Crippen LogP contribution in [0.2, 0.25) is 0 Å². The Hall–Kier alpha value is -2.97. The van der Waals surface area contributed by atoms with Gasteiger partial charge in [0, 0.05) is 16.6 Å². The van der Waals surface area contributed by atoms with Gasteiger partial charge in [-0.2, -0.15) is 0 Å². The second kappa shape index (κ2) is 12.5. The number of carboxylic acid groups (broad SMARTS) is 1.